The summed E-state index contributed by atoms with van der Waals surface area (Å²) in [5.74, 6) is 0.971. The minimum atomic E-state index is -0.313. The molecule has 0 aliphatic heterocycles. The van der Waals surface area contributed by atoms with Crippen molar-refractivity contribution in [3.63, 3.8) is 0 Å². The van der Waals surface area contributed by atoms with Gasteiger partial charge in [-0.2, -0.15) is 5.10 Å². The van der Waals surface area contributed by atoms with Crippen LogP contribution in [-0.4, -0.2) is 20.8 Å². The molecule has 1 unspecified atom stereocenters. The summed E-state index contributed by atoms with van der Waals surface area (Å²) >= 11 is 0. The molecule has 0 bridgehead atoms. The van der Waals surface area contributed by atoms with E-state index in [0.29, 0.717) is 11.3 Å². The molecule has 1 aromatic carbocycles. The lowest BCUT2D eigenvalue weighted by atomic mass is 10.1. The molecule has 0 fully saturated rings. The average molecular weight is 354 g/mol. The smallest absolute Gasteiger partial charge is 0.274 e. The third kappa shape index (κ3) is 3.93. The molecule has 1 N–H and O–H groups in total. The predicted molar refractivity (Wildman–Crippen MR) is 95.8 cm³/mol. The summed E-state index contributed by atoms with van der Waals surface area (Å²) < 4.78 is 12.8. The monoisotopic (exact) mass is 354 g/mol. The number of aryl methyl sites for hydroxylation is 2. The van der Waals surface area contributed by atoms with Gasteiger partial charge in [0.2, 0.25) is 0 Å². The van der Waals surface area contributed by atoms with Gasteiger partial charge in [-0.25, -0.2) is 0 Å². The molecule has 7 nitrogen and oxygen atoms in total. The first-order valence-electron chi connectivity index (χ1n) is 8.55. The van der Waals surface area contributed by atoms with Crippen molar-refractivity contribution >= 4 is 5.91 Å². The Balaban J connectivity index is 1.69. The van der Waals surface area contributed by atoms with Gasteiger partial charge < -0.3 is 14.6 Å². The van der Waals surface area contributed by atoms with E-state index in [1.165, 1.54) is 0 Å². The normalized spacial score (nSPS) is 12.0. The second-order valence-corrected chi connectivity index (χ2v) is 5.96. The highest BCUT2D eigenvalue weighted by Crippen LogP contribution is 2.19. The Morgan fingerprint density at radius 3 is 2.77 bits per heavy atom. The molecular formula is C19H22N4O3. The van der Waals surface area contributed by atoms with Gasteiger partial charge in [-0.15, -0.1) is 0 Å². The third-order valence-electron chi connectivity index (χ3n) is 4.10. The fourth-order valence-electron chi connectivity index (χ4n) is 2.54. The number of rotatable bonds is 7. The summed E-state index contributed by atoms with van der Waals surface area (Å²) in [4.78, 5) is 12.6. The molecule has 1 amide bonds. The van der Waals surface area contributed by atoms with Crippen molar-refractivity contribution in [2.24, 2.45) is 0 Å². The summed E-state index contributed by atoms with van der Waals surface area (Å²) in [6.45, 7) is 6.65. The SMILES string of the molecule is CCn1ccc(C(C)NC(=O)c2noc(C)c2COc2ccccc2)n1. The second kappa shape index (κ2) is 7.86. The number of para-hydroxylation sites is 1. The van der Waals surface area contributed by atoms with Crippen molar-refractivity contribution in [3.05, 3.63) is 65.3 Å². The van der Waals surface area contributed by atoms with Crippen molar-refractivity contribution in [2.75, 3.05) is 0 Å². The van der Waals surface area contributed by atoms with Crippen LogP contribution in [0.1, 0.15) is 47.4 Å². The van der Waals surface area contributed by atoms with Gasteiger partial charge in [0.05, 0.1) is 17.3 Å². The van der Waals surface area contributed by atoms with E-state index in [9.17, 15) is 4.79 Å². The minimum absolute atomic E-state index is 0.209. The highest BCUT2D eigenvalue weighted by Gasteiger charge is 2.22. The number of hydrogen-bond acceptors (Lipinski definition) is 5. The summed E-state index contributed by atoms with van der Waals surface area (Å²) in [7, 11) is 0. The highest BCUT2D eigenvalue weighted by atomic mass is 16.5. The van der Waals surface area contributed by atoms with Crippen LogP contribution in [0.5, 0.6) is 5.75 Å². The Hall–Kier alpha value is -3.09. The van der Waals surface area contributed by atoms with E-state index in [4.69, 9.17) is 9.26 Å². The van der Waals surface area contributed by atoms with Gasteiger partial charge in [0, 0.05) is 12.7 Å². The van der Waals surface area contributed by atoms with Crippen LogP contribution >= 0.6 is 0 Å². The van der Waals surface area contributed by atoms with E-state index in [2.05, 4.69) is 15.6 Å². The average Bonchev–Trinajstić information content (AvgIpc) is 3.27. The van der Waals surface area contributed by atoms with Crippen LogP contribution in [0.3, 0.4) is 0 Å². The van der Waals surface area contributed by atoms with E-state index in [0.717, 1.165) is 18.0 Å². The molecule has 1 atom stereocenters. The van der Waals surface area contributed by atoms with Crippen molar-refractivity contribution in [1.29, 1.82) is 0 Å². The number of amides is 1. The largest absolute Gasteiger partial charge is 0.489 e. The van der Waals surface area contributed by atoms with Gasteiger partial charge in [0.1, 0.15) is 18.1 Å². The predicted octanol–water partition coefficient (Wildman–Crippen LogP) is 3.27. The van der Waals surface area contributed by atoms with Gasteiger partial charge in [-0.3, -0.25) is 9.48 Å². The number of hydrogen-bond donors (Lipinski definition) is 1. The lowest BCUT2D eigenvalue weighted by molar-refractivity contribution is 0.0927. The summed E-state index contributed by atoms with van der Waals surface area (Å²) in [6, 6.07) is 11.1. The first kappa shape index (κ1) is 17.7. The maximum absolute atomic E-state index is 12.6. The number of benzene rings is 1. The van der Waals surface area contributed by atoms with E-state index >= 15 is 0 Å². The Kier molecular flexibility index (Phi) is 5.36. The van der Waals surface area contributed by atoms with E-state index < -0.39 is 0 Å². The van der Waals surface area contributed by atoms with Gasteiger partial charge in [0.15, 0.2) is 5.69 Å². The van der Waals surface area contributed by atoms with Crippen LogP contribution in [0.4, 0.5) is 0 Å². The standard InChI is InChI=1S/C19H22N4O3/c1-4-23-11-10-17(21-23)13(2)20-19(24)18-16(14(3)26-22-18)12-25-15-8-6-5-7-9-15/h5-11,13H,4,12H2,1-3H3,(H,20,24). The Morgan fingerprint density at radius 1 is 1.31 bits per heavy atom. The molecular weight excluding hydrogens is 332 g/mol. The van der Waals surface area contributed by atoms with Crippen LogP contribution in [-0.2, 0) is 13.2 Å². The van der Waals surface area contributed by atoms with E-state index in [1.54, 1.807) is 6.92 Å². The van der Waals surface area contributed by atoms with Crippen LogP contribution in [0.15, 0.2) is 47.1 Å². The van der Waals surface area contributed by atoms with Gasteiger partial charge in [-0.05, 0) is 39.0 Å². The van der Waals surface area contributed by atoms with Gasteiger partial charge in [-0.1, -0.05) is 23.4 Å². The molecule has 3 aromatic rings. The van der Waals surface area contributed by atoms with Crippen molar-refractivity contribution in [3.8, 4) is 5.75 Å². The first-order chi connectivity index (χ1) is 12.6. The molecule has 3 rings (SSSR count). The molecule has 2 heterocycles. The number of ether oxygens (including phenoxy) is 1. The molecule has 0 spiro atoms. The Labute approximate surface area is 151 Å². The number of nitrogens with one attached hydrogen (secondary N) is 1. The van der Waals surface area contributed by atoms with Crippen molar-refractivity contribution in [2.45, 2.75) is 40.0 Å². The second-order valence-electron chi connectivity index (χ2n) is 5.96. The van der Waals surface area contributed by atoms with E-state index in [1.807, 2.05) is 61.1 Å². The molecule has 0 aliphatic rings. The van der Waals surface area contributed by atoms with Gasteiger partial charge >= 0.3 is 0 Å². The zero-order chi connectivity index (χ0) is 18.5. The molecule has 0 aliphatic carbocycles. The zero-order valence-corrected chi connectivity index (χ0v) is 15.1. The summed E-state index contributed by atoms with van der Waals surface area (Å²) in [5.41, 5.74) is 1.67. The Bertz CT molecular complexity index is 870. The van der Waals surface area contributed by atoms with E-state index in [-0.39, 0.29) is 24.2 Å². The van der Waals surface area contributed by atoms with Crippen molar-refractivity contribution < 1.29 is 14.1 Å². The number of nitrogens with zero attached hydrogens (tertiary/aromatic N) is 3. The topological polar surface area (TPSA) is 82.2 Å². The van der Waals surface area contributed by atoms with Crippen LogP contribution in [0.2, 0.25) is 0 Å². The molecule has 26 heavy (non-hydrogen) atoms. The Morgan fingerprint density at radius 2 is 2.08 bits per heavy atom. The summed E-state index contributed by atoms with van der Waals surface area (Å²) in [5, 5.41) is 11.2. The van der Waals surface area contributed by atoms with Crippen molar-refractivity contribution in [1.82, 2.24) is 20.3 Å². The minimum Gasteiger partial charge on any atom is -0.489 e. The molecule has 7 heteroatoms. The van der Waals surface area contributed by atoms with Crippen LogP contribution in [0, 0.1) is 6.92 Å². The fraction of sp³-hybridized carbons (Fsp3) is 0.316. The molecule has 0 radical (unpaired) electrons. The molecule has 136 valence electrons. The molecule has 2 aromatic heterocycles. The zero-order valence-electron chi connectivity index (χ0n) is 15.1. The quantitative estimate of drug-likeness (QED) is 0.704. The maximum atomic E-state index is 12.6. The number of carbonyl (C=O) groups is 1. The molecule has 0 saturated carbocycles. The maximum Gasteiger partial charge on any atom is 0.274 e. The highest BCUT2D eigenvalue weighted by molar-refractivity contribution is 5.94. The van der Waals surface area contributed by atoms with Crippen LogP contribution in [0.25, 0.3) is 0 Å². The first-order valence-corrected chi connectivity index (χ1v) is 8.55. The lowest BCUT2D eigenvalue weighted by Gasteiger charge is -2.11. The van der Waals surface area contributed by atoms with Crippen LogP contribution < -0.4 is 10.1 Å². The number of aromatic nitrogens is 3. The summed E-state index contributed by atoms with van der Waals surface area (Å²) in [6.07, 6.45) is 1.89. The fourth-order valence-corrected chi connectivity index (χ4v) is 2.54. The number of carbonyl (C=O) groups excluding carboxylic acids is 1. The van der Waals surface area contributed by atoms with Gasteiger partial charge in [0.25, 0.3) is 5.91 Å². The lowest BCUT2D eigenvalue weighted by Crippen LogP contribution is -2.28. The third-order valence-corrected chi connectivity index (χ3v) is 4.10. The molecule has 0 saturated heterocycles.